The molecule has 0 aliphatic rings. The molecule has 0 bridgehead atoms. The average Bonchev–Trinajstić information content (AvgIpc) is 2.30. The van der Waals surface area contributed by atoms with Gasteiger partial charge >= 0.3 is 11.9 Å². The van der Waals surface area contributed by atoms with Crippen molar-refractivity contribution in [1.29, 1.82) is 0 Å². The highest BCUT2D eigenvalue weighted by molar-refractivity contribution is 6.85. The first-order valence-corrected chi connectivity index (χ1v) is 13.5. The minimum Gasteiger partial charge on any atom is -0.478 e. The first-order valence-electron chi connectivity index (χ1n) is 7.23. The fourth-order valence-electron chi connectivity index (χ4n) is 2.59. The zero-order valence-electron chi connectivity index (χ0n) is 14.1. The molecular formula is C14H28O5Si2. The molecule has 0 amide bonds. The molecule has 0 rings (SSSR count). The topological polar surface area (TPSA) is 72.8 Å². The van der Waals surface area contributed by atoms with Crippen LogP contribution in [0.4, 0.5) is 0 Å². The van der Waals surface area contributed by atoms with E-state index in [1.54, 1.807) is 0 Å². The van der Waals surface area contributed by atoms with E-state index in [1.165, 1.54) is 0 Å². The number of hydrogen-bond donors (Lipinski definition) is 1. The fraction of sp³-hybridized carbons (Fsp3) is 0.714. The van der Waals surface area contributed by atoms with Gasteiger partial charge in [0.05, 0.1) is 0 Å². The molecule has 5 nitrogen and oxygen atoms in total. The largest absolute Gasteiger partial charge is 0.478 e. The molecule has 1 N–H and O–H groups in total. The van der Waals surface area contributed by atoms with Gasteiger partial charge < -0.3 is 14.0 Å². The summed E-state index contributed by atoms with van der Waals surface area (Å²) in [5, 5.41) is 7.94. The Morgan fingerprint density at radius 3 is 1.86 bits per heavy atom. The molecule has 0 atom stereocenters. The third-order valence-electron chi connectivity index (χ3n) is 3.46. The maximum Gasteiger partial charge on any atom is 0.331 e. The molecule has 0 radical (unpaired) electrons. The van der Waals surface area contributed by atoms with Gasteiger partial charge in [0.15, 0.2) is 8.32 Å². The van der Waals surface area contributed by atoms with Crippen LogP contribution in [0.25, 0.3) is 0 Å². The molecule has 0 saturated heterocycles. The lowest BCUT2D eigenvalue weighted by atomic mass is 10.2. The van der Waals surface area contributed by atoms with E-state index in [4.69, 9.17) is 14.0 Å². The number of carboxylic acids is 1. The van der Waals surface area contributed by atoms with E-state index in [0.29, 0.717) is 12.8 Å². The lowest BCUT2D eigenvalue weighted by molar-refractivity contribution is -0.148. The van der Waals surface area contributed by atoms with Gasteiger partial charge in [0.1, 0.15) is 5.22 Å². The summed E-state index contributed by atoms with van der Waals surface area (Å²) in [7, 11) is -4.06. The van der Waals surface area contributed by atoms with Crippen molar-refractivity contribution < 1.29 is 23.5 Å². The van der Waals surface area contributed by atoms with Crippen LogP contribution in [-0.2, 0) is 18.4 Å². The Hall–Kier alpha value is -0.926. The fourth-order valence-corrected chi connectivity index (χ4v) is 11.5. The number of hydrogen-bond acceptors (Lipinski definition) is 4. The summed E-state index contributed by atoms with van der Waals surface area (Å²) >= 11 is 0. The van der Waals surface area contributed by atoms with Crippen molar-refractivity contribution in [2.24, 2.45) is 0 Å². The van der Waals surface area contributed by atoms with Crippen LogP contribution in [0.3, 0.4) is 0 Å². The molecule has 0 spiro atoms. The van der Waals surface area contributed by atoms with Crippen LogP contribution >= 0.6 is 0 Å². The Kier molecular flexibility index (Phi) is 7.05. The maximum atomic E-state index is 11.9. The van der Waals surface area contributed by atoms with E-state index < -0.39 is 33.8 Å². The summed E-state index contributed by atoms with van der Waals surface area (Å²) in [6, 6.07) is 0. The van der Waals surface area contributed by atoms with Gasteiger partial charge in [0.25, 0.3) is 0 Å². The molecule has 0 unspecified atom stereocenters. The van der Waals surface area contributed by atoms with Crippen molar-refractivity contribution in [1.82, 2.24) is 0 Å². The molecule has 21 heavy (non-hydrogen) atoms. The van der Waals surface area contributed by atoms with Gasteiger partial charge in [-0.25, -0.2) is 9.59 Å². The van der Waals surface area contributed by atoms with Gasteiger partial charge in [-0.1, -0.05) is 13.8 Å². The number of ether oxygens (including phenoxy) is 1. The number of carboxylic acid groups (broad SMARTS) is 1. The number of esters is 1. The third-order valence-corrected chi connectivity index (χ3v) is 11.0. The zero-order valence-corrected chi connectivity index (χ0v) is 16.1. The average molecular weight is 333 g/mol. The SMILES string of the molecule is CCC(CC)(OC(=O)C=CC(=O)O)[Si](C)(C)O[Si](C)(C)C. The lowest BCUT2D eigenvalue weighted by Gasteiger charge is -2.45. The number of rotatable bonds is 8. The number of carbonyl (C=O) groups excluding carboxylic acids is 1. The lowest BCUT2D eigenvalue weighted by Crippen LogP contribution is -2.61. The Labute approximate surface area is 129 Å². The maximum absolute atomic E-state index is 11.9. The molecule has 0 fully saturated rings. The minimum absolute atomic E-state index is 0.624. The van der Waals surface area contributed by atoms with Crippen molar-refractivity contribution in [3.8, 4) is 0 Å². The first kappa shape index (κ1) is 20.1. The molecule has 0 heterocycles. The van der Waals surface area contributed by atoms with Crippen molar-refractivity contribution in [2.75, 3.05) is 0 Å². The standard InChI is InChI=1S/C14H28O5Si2/c1-8-14(9-2,18-13(17)11-10-12(15)16)21(6,7)19-20(3,4)5/h10-11H,8-9H2,1-7H3,(H,15,16). The van der Waals surface area contributed by atoms with Gasteiger partial charge in [-0.2, -0.15) is 0 Å². The minimum atomic E-state index is -2.30. The molecule has 0 aromatic rings. The molecule has 0 saturated carbocycles. The molecule has 122 valence electrons. The Bertz CT molecular complexity index is 406. The normalized spacial score (nSPS) is 13.5. The van der Waals surface area contributed by atoms with Crippen LogP contribution in [0.15, 0.2) is 12.2 Å². The predicted octanol–water partition coefficient (Wildman–Crippen LogP) is 3.33. The predicted molar refractivity (Wildman–Crippen MR) is 88.1 cm³/mol. The van der Waals surface area contributed by atoms with Crippen molar-refractivity contribution in [2.45, 2.75) is 64.6 Å². The second kappa shape index (κ2) is 7.37. The van der Waals surface area contributed by atoms with E-state index in [9.17, 15) is 9.59 Å². The highest BCUT2D eigenvalue weighted by atomic mass is 28.4. The van der Waals surface area contributed by atoms with E-state index in [2.05, 4.69) is 32.7 Å². The smallest absolute Gasteiger partial charge is 0.331 e. The molecule has 7 heteroatoms. The Morgan fingerprint density at radius 2 is 1.52 bits per heavy atom. The van der Waals surface area contributed by atoms with Gasteiger partial charge in [-0.3, -0.25) is 0 Å². The van der Waals surface area contributed by atoms with E-state index in [1.807, 2.05) is 13.8 Å². The van der Waals surface area contributed by atoms with Gasteiger partial charge in [-0.15, -0.1) is 0 Å². The second-order valence-electron chi connectivity index (χ2n) is 6.52. The van der Waals surface area contributed by atoms with Crippen LogP contribution in [0.1, 0.15) is 26.7 Å². The molecule has 0 aliphatic carbocycles. The Morgan fingerprint density at radius 1 is 1.05 bits per heavy atom. The molecule has 0 aliphatic heterocycles. The third kappa shape index (κ3) is 6.15. The number of aliphatic carboxylic acids is 1. The van der Waals surface area contributed by atoms with Crippen molar-refractivity contribution in [3.63, 3.8) is 0 Å². The summed E-state index contributed by atoms with van der Waals surface area (Å²) in [5.41, 5.74) is 0. The molecular weight excluding hydrogens is 304 g/mol. The van der Waals surface area contributed by atoms with Crippen LogP contribution < -0.4 is 0 Å². The summed E-state index contributed by atoms with van der Waals surface area (Å²) < 4.78 is 12.0. The summed E-state index contributed by atoms with van der Waals surface area (Å²) in [5.74, 6) is -1.79. The second-order valence-corrected chi connectivity index (χ2v) is 15.5. The van der Waals surface area contributed by atoms with Gasteiger partial charge in [0, 0.05) is 12.2 Å². The van der Waals surface area contributed by atoms with E-state index >= 15 is 0 Å². The van der Waals surface area contributed by atoms with E-state index in [0.717, 1.165) is 12.2 Å². The molecule has 0 aromatic heterocycles. The van der Waals surface area contributed by atoms with E-state index in [-0.39, 0.29) is 0 Å². The zero-order chi connectivity index (χ0) is 16.9. The van der Waals surface area contributed by atoms with Gasteiger partial charge in [0.2, 0.25) is 8.32 Å². The first-order chi connectivity index (χ1) is 9.39. The number of carbonyl (C=O) groups is 2. The summed E-state index contributed by atoms with van der Waals surface area (Å²) in [4.78, 5) is 22.4. The van der Waals surface area contributed by atoms with Crippen LogP contribution in [0, 0.1) is 0 Å². The van der Waals surface area contributed by atoms with Crippen LogP contribution in [-0.4, -0.2) is 38.9 Å². The Balaban J connectivity index is 5.33. The van der Waals surface area contributed by atoms with Crippen LogP contribution in [0.2, 0.25) is 32.7 Å². The molecule has 0 aromatic carbocycles. The monoisotopic (exact) mass is 332 g/mol. The highest BCUT2D eigenvalue weighted by Crippen LogP contribution is 2.35. The van der Waals surface area contributed by atoms with Crippen molar-refractivity contribution in [3.05, 3.63) is 12.2 Å². The van der Waals surface area contributed by atoms with Gasteiger partial charge in [-0.05, 0) is 45.6 Å². The summed E-state index contributed by atoms with van der Waals surface area (Å²) in [6.45, 7) is 14.4. The quantitative estimate of drug-likeness (QED) is 0.419. The van der Waals surface area contributed by atoms with Crippen LogP contribution in [0.5, 0.6) is 0 Å². The highest BCUT2D eigenvalue weighted by Gasteiger charge is 2.51. The van der Waals surface area contributed by atoms with Crippen molar-refractivity contribution >= 4 is 28.6 Å². The summed E-state index contributed by atoms with van der Waals surface area (Å²) in [6.07, 6.45) is 3.06.